The van der Waals surface area contributed by atoms with Gasteiger partial charge in [0.25, 0.3) is 0 Å². The zero-order valence-corrected chi connectivity index (χ0v) is 18.1. The van der Waals surface area contributed by atoms with Crippen molar-refractivity contribution in [3.05, 3.63) is 60.2 Å². The minimum absolute atomic E-state index is 0.0411. The number of likely N-dealkylation sites (tertiary alicyclic amines) is 2. The van der Waals surface area contributed by atoms with Crippen molar-refractivity contribution >= 4 is 17.5 Å². The van der Waals surface area contributed by atoms with Crippen LogP contribution in [0.25, 0.3) is 0 Å². The Balaban J connectivity index is 1.29. The van der Waals surface area contributed by atoms with Gasteiger partial charge in [-0.15, -0.1) is 0 Å². The number of nitrogens with zero attached hydrogens (tertiary/aromatic N) is 2. The fourth-order valence-electron chi connectivity index (χ4n) is 4.67. The van der Waals surface area contributed by atoms with Gasteiger partial charge in [-0.05, 0) is 62.1 Å². The number of rotatable bonds is 6. The largest absolute Gasteiger partial charge is 0.497 e. The van der Waals surface area contributed by atoms with E-state index in [2.05, 4.69) is 22.3 Å². The van der Waals surface area contributed by atoms with E-state index in [1.165, 1.54) is 5.56 Å². The predicted octanol–water partition coefficient (Wildman–Crippen LogP) is 3.71. The molecule has 2 aliphatic heterocycles. The molecule has 6 nitrogen and oxygen atoms in total. The number of carbonyl (C=O) groups excluding carboxylic acids is 2. The van der Waals surface area contributed by atoms with Crippen LogP contribution in [0.4, 0.5) is 5.69 Å². The van der Waals surface area contributed by atoms with Crippen molar-refractivity contribution in [2.24, 2.45) is 5.92 Å². The molecule has 2 amide bonds. The Morgan fingerprint density at radius 1 is 1.00 bits per heavy atom. The number of carbonyl (C=O) groups is 2. The SMILES string of the molecule is COc1cccc(C2CCCN2CC(=O)N2CCC(C(=O)Nc3ccccc3)CC2)c1. The molecule has 164 valence electrons. The first-order chi connectivity index (χ1) is 15.1. The lowest BCUT2D eigenvalue weighted by molar-refractivity contribution is -0.135. The summed E-state index contributed by atoms with van der Waals surface area (Å²) in [6.45, 7) is 2.65. The Morgan fingerprint density at radius 2 is 1.77 bits per heavy atom. The zero-order valence-electron chi connectivity index (χ0n) is 18.1. The number of benzene rings is 2. The van der Waals surface area contributed by atoms with E-state index < -0.39 is 0 Å². The van der Waals surface area contributed by atoms with Crippen LogP contribution in [0.1, 0.15) is 37.3 Å². The third kappa shape index (κ3) is 5.25. The molecule has 0 spiro atoms. The molecule has 2 aliphatic rings. The average molecular weight is 422 g/mol. The summed E-state index contributed by atoms with van der Waals surface area (Å²) in [6.07, 6.45) is 3.58. The van der Waals surface area contributed by atoms with Gasteiger partial charge in [0.05, 0.1) is 13.7 Å². The molecule has 1 N–H and O–H groups in total. The van der Waals surface area contributed by atoms with Gasteiger partial charge in [0.2, 0.25) is 11.8 Å². The average Bonchev–Trinajstić information content (AvgIpc) is 3.28. The highest BCUT2D eigenvalue weighted by Crippen LogP contribution is 2.33. The molecule has 0 bridgehead atoms. The van der Waals surface area contributed by atoms with Crippen LogP contribution in [0.3, 0.4) is 0 Å². The summed E-state index contributed by atoms with van der Waals surface area (Å²) >= 11 is 0. The molecule has 2 heterocycles. The Morgan fingerprint density at radius 3 is 2.52 bits per heavy atom. The number of hydrogen-bond acceptors (Lipinski definition) is 4. The van der Waals surface area contributed by atoms with Gasteiger partial charge in [-0.1, -0.05) is 30.3 Å². The Kier molecular flexibility index (Phi) is 6.87. The Labute approximate surface area is 184 Å². The predicted molar refractivity (Wildman–Crippen MR) is 121 cm³/mol. The summed E-state index contributed by atoms with van der Waals surface area (Å²) < 4.78 is 5.37. The molecule has 31 heavy (non-hydrogen) atoms. The van der Waals surface area contributed by atoms with Crippen LogP contribution in [0, 0.1) is 5.92 Å². The van der Waals surface area contributed by atoms with Crippen LogP contribution in [0.15, 0.2) is 54.6 Å². The van der Waals surface area contributed by atoms with Crippen LogP contribution >= 0.6 is 0 Å². The highest BCUT2D eigenvalue weighted by molar-refractivity contribution is 5.92. The van der Waals surface area contributed by atoms with Gasteiger partial charge >= 0.3 is 0 Å². The van der Waals surface area contributed by atoms with Crippen LogP contribution in [-0.4, -0.2) is 54.9 Å². The molecule has 2 aromatic carbocycles. The van der Waals surface area contributed by atoms with E-state index in [1.807, 2.05) is 47.4 Å². The van der Waals surface area contributed by atoms with E-state index in [4.69, 9.17) is 4.74 Å². The monoisotopic (exact) mass is 421 g/mol. The van der Waals surface area contributed by atoms with E-state index >= 15 is 0 Å². The minimum atomic E-state index is -0.0411. The molecule has 2 saturated heterocycles. The highest BCUT2D eigenvalue weighted by atomic mass is 16.5. The summed E-state index contributed by atoms with van der Waals surface area (Å²) in [5, 5.41) is 2.99. The zero-order chi connectivity index (χ0) is 21.6. The van der Waals surface area contributed by atoms with Gasteiger partial charge in [0.15, 0.2) is 0 Å². The normalized spacial score (nSPS) is 19.9. The van der Waals surface area contributed by atoms with E-state index in [9.17, 15) is 9.59 Å². The summed E-state index contributed by atoms with van der Waals surface area (Å²) in [5.41, 5.74) is 2.03. The third-order valence-corrected chi connectivity index (χ3v) is 6.44. The van der Waals surface area contributed by atoms with Gasteiger partial charge < -0.3 is 15.0 Å². The van der Waals surface area contributed by atoms with E-state index in [0.717, 1.165) is 30.8 Å². The molecule has 4 rings (SSSR count). The molecule has 0 aromatic heterocycles. The number of anilines is 1. The van der Waals surface area contributed by atoms with Crippen molar-refractivity contribution < 1.29 is 14.3 Å². The number of hydrogen-bond donors (Lipinski definition) is 1. The molecule has 0 radical (unpaired) electrons. The molecular weight excluding hydrogens is 390 g/mol. The lowest BCUT2D eigenvalue weighted by Gasteiger charge is -2.33. The fourth-order valence-corrected chi connectivity index (χ4v) is 4.67. The lowest BCUT2D eigenvalue weighted by atomic mass is 9.95. The van der Waals surface area contributed by atoms with Crippen molar-refractivity contribution in [3.63, 3.8) is 0 Å². The van der Waals surface area contributed by atoms with Gasteiger partial charge in [0.1, 0.15) is 5.75 Å². The molecule has 1 atom stereocenters. The maximum absolute atomic E-state index is 13.0. The third-order valence-electron chi connectivity index (χ3n) is 6.44. The number of piperidine rings is 1. The summed E-state index contributed by atoms with van der Waals surface area (Å²) in [4.78, 5) is 29.7. The van der Waals surface area contributed by atoms with E-state index in [0.29, 0.717) is 32.5 Å². The summed E-state index contributed by atoms with van der Waals surface area (Å²) in [7, 11) is 1.68. The highest BCUT2D eigenvalue weighted by Gasteiger charge is 2.32. The second-order valence-corrected chi connectivity index (χ2v) is 8.42. The van der Waals surface area contributed by atoms with Crippen molar-refractivity contribution in [3.8, 4) is 5.75 Å². The van der Waals surface area contributed by atoms with E-state index in [1.54, 1.807) is 7.11 Å². The smallest absolute Gasteiger partial charge is 0.236 e. The second kappa shape index (κ2) is 9.96. The molecule has 6 heteroatoms. The van der Waals surface area contributed by atoms with Crippen molar-refractivity contribution in [2.75, 3.05) is 38.6 Å². The van der Waals surface area contributed by atoms with E-state index in [-0.39, 0.29) is 23.8 Å². The summed E-state index contributed by atoms with van der Waals surface area (Å²) in [5.74, 6) is 1.03. The Hall–Kier alpha value is -2.86. The second-order valence-electron chi connectivity index (χ2n) is 8.42. The first-order valence-electron chi connectivity index (χ1n) is 11.2. The van der Waals surface area contributed by atoms with Gasteiger partial charge in [-0.2, -0.15) is 0 Å². The quantitative estimate of drug-likeness (QED) is 0.772. The topological polar surface area (TPSA) is 61.9 Å². The van der Waals surface area contributed by atoms with Crippen LogP contribution < -0.4 is 10.1 Å². The maximum atomic E-state index is 13.0. The molecule has 2 aromatic rings. The first kappa shape index (κ1) is 21.4. The lowest BCUT2D eigenvalue weighted by Crippen LogP contribution is -2.45. The van der Waals surface area contributed by atoms with Crippen molar-refractivity contribution in [1.82, 2.24) is 9.80 Å². The van der Waals surface area contributed by atoms with Gasteiger partial charge in [0, 0.05) is 30.7 Å². The van der Waals surface area contributed by atoms with Crippen LogP contribution in [0.5, 0.6) is 5.75 Å². The van der Waals surface area contributed by atoms with Gasteiger partial charge in [-0.25, -0.2) is 0 Å². The molecule has 1 unspecified atom stereocenters. The Bertz CT molecular complexity index is 894. The summed E-state index contributed by atoms with van der Waals surface area (Å²) in [6, 6.07) is 18.0. The molecular formula is C25H31N3O3. The van der Waals surface area contributed by atoms with Crippen LogP contribution in [-0.2, 0) is 9.59 Å². The standard InChI is InChI=1S/C25H31N3O3/c1-31-22-10-5-7-20(17-22)23-11-6-14-28(23)18-24(29)27-15-12-19(13-16-27)25(30)26-21-8-3-2-4-9-21/h2-5,7-10,17,19,23H,6,11-16,18H2,1H3,(H,26,30). The minimum Gasteiger partial charge on any atom is -0.497 e. The molecule has 0 aliphatic carbocycles. The van der Waals surface area contributed by atoms with Crippen molar-refractivity contribution in [2.45, 2.75) is 31.7 Å². The number of nitrogens with one attached hydrogen (secondary N) is 1. The first-order valence-corrected chi connectivity index (χ1v) is 11.2. The molecule has 0 saturated carbocycles. The molecule has 2 fully saturated rings. The maximum Gasteiger partial charge on any atom is 0.236 e. The number of ether oxygens (including phenoxy) is 1. The van der Waals surface area contributed by atoms with Crippen molar-refractivity contribution in [1.29, 1.82) is 0 Å². The number of methoxy groups -OCH3 is 1. The fraction of sp³-hybridized carbons (Fsp3) is 0.440. The van der Waals surface area contributed by atoms with Gasteiger partial charge in [-0.3, -0.25) is 14.5 Å². The van der Waals surface area contributed by atoms with Crippen LogP contribution in [0.2, 0.25) is 0 Å². The number of amides is 2. The number of para-hydroxylation sites is 1.